The van der Waals surface area contributed by atoms with Gasteiger partial charge in [-0.05, 0) is 12.1 Å². The molecule has 3 rings (SSSR count). The fourth-order valence-electron chi connectivity index (χ4n) is 2.15. The molecule has 0 fully saturated rings. The summed E-state index contributed by atoms with van der Waals surface area (Å²) in [5, 5.41) is 1.33. The fourth-order valence-corrected chi connectivity index (χ4v) is 3.71. The molecule has 100 valence electrons. The van der Waals surface area contributed by atoms with Crippen LogP contribution in [0.5, 0.6) is 0 Å². The standard InChI is InChI=1S/C15H12N2O2S/c16-15-14(13-9-5-4-6-11(13)10-17-15)20(18,19)12-7-2-1-3-8-12/h1-10H,(H2,16,17). The molecule has 0 aliphatic heterocycles. The lowest BCUT2D eigenvalue weighted by atomic mass is 10.2. The van der Waals surface area contributed by atoms with Crippen LogP contribution in [0.15, 0.2) is 70.6 Å². The van der Waals surface area contributed by atoms with E-state index in [0.717, 1.165) is 5.39 Å². The maximum Gasteiger partial charge on any atom is 0.210 e. The molecule has 3 aromatic rings. The molecule has 1 aromatic heterocycles. The van der Waals surface area contributed by atoms with Crippen molar-refractivity contribution in [2.45, 2.75) is 9.79 Å². The molecule has 1 heterocycles. The minimum Gasteiger partial charge on any atom is -0.383 e. The van der Waals surface area contributed by atoms with E-state index < -0.39 is 9.84 Å². The molecule has 0 radical (unpaired) electrons. The Labute approximate surface area is 116 Å². The van der Waals surface area contributed by atoms with E-state index in [1.54, 1.807) is 48.7 Å². The minimum absolute atomic E-state index is 0.0209. The van der Waals surface area contributed by atoms with Crippen LogP contribution in [0, 0.1) is 0 Å². The summed E-state index contributed by atoms with van der Waals surface area (Å²) in [6.07, 6.45) is 1.58. The average Bonchev–Trinajstić information content (AvgIpc) is 2.47. The van der Waals surface area contributed by atoms with Crippen molar-refractivity contribution < 1.29 is 8.42 Å². The number of nitrogens with two attached hydrogens (primary N) is 1. The maximum absolute atomic E-state index is 12.7. The van der Waals surface area contributed by atoms with Gasteiger partial charge >= 0.3 is 0 Å². The number of fused-ring (bicyclic) bond motifs is 1. The molecule has 0 saturated carbocycles. The Balaban J connectivity index is 2.38. The molecule has 4 nitrogen and oxygen atoms in total. The third-order valence-electron chi connectivity index (χ3n) is 3.10. The van der Waals surface area contributed by atoms with Crippen molar-refractivity contribution in [1.29, 1.82) is 0 Å². The van der Waals surface area contributed by atoms with Crippen LogP contribution in [-0.2, 0) is 9.84 Å². The summed E-state index contributed by atoms with van der Waals surface area (Å²) >= 11 is 0. The Morgan fingerprint density at radius 1 is 0.900 bits per heavy atom. The van der Waals surface area contributed by atoms with Gasteiger partial charge in [-0.3, -0.25) is 0 Å². The second-order valence-corrected chi connectivity index (χ2v) is 6.26. The van der Waals surface area contributed by atoms with E-state index in [1.807, 2.05) is 12.1 Å². The molecule has 0 amide bonds. The van der Waals surface area contributed by atoms with Crippen molar-refractivity contribution in [2.24, 2.45) is 0 Å². The Kier molecular flexibility index (Phi) is 2.91. The molecule has 0 saturated heterocycles. The first-order valence-electron chi connectivity index (χ1n) is 6.04. The second-order valence-electron chi connectivity index (χ2n) is 4.38. The van der Waals surface area contributed by atoms with Crippen molar-refractivity contribution in [1.82, 2.24) is 4.98 Å². The predicted molar refractivity (Wildman–Crippen MR) is 78.0 cm³/mol. The van der Waals surface area contributed by atoms with Gasteiger partial charge in [0.1, 0.15) is 10.7 Å². The van der Waals surface area contributed by atoms with Gasteiger partial charge in [0.05, 0.1) is 4.90 Å². The van der Waals surface area contributed by atoms with E-state index in [2.05, 4.69) is 4.98 Å². The Morgan fingerprint density at radius 2 is 1.55 bits per heavy atom. The highest BCUT2D eigenvalue weighted by molar-refractivity contribution is 7.91. The molecule has 0 aliphatic carbocycles. The van der Waals surface area contributed by atoms with Gasteiger partial charge in [-0.2, -0.15) is 0 Å². The van der Waals surface area contributed by atoms with Crippen LogP contribution in [0.2, 0.25) is 0 Å². The summed E-state index contributed by atoms with van der Waals surface area (Å²) in [7, 11) is -3.68. The van der Waals surface area contributed by atoms with E-state index in [9.17, 15) is 8.42 Å². The van der Waals surface area contributed by atoms with Crippen LogP contribution >= 0.6 is 0 Å². The number of hydrogen-bond acceptors (Lipinski definition) is 4. The van der Waals surface area contributed by atoms with Crippen LogP contribution in [0.25, 0.3) is 10.8 Å². The number of hydrogen-bond donors (Lipinski definition) is 1. The molecule has 5 heteroatoms. The summed E-state index contributed by atoms with van der Waals surface area (Å²) in [5.74, 6) is 0.0209. The lowest BCUT2D eigenvalue weighted by Crippen LogP contribution is -2.07. The number of rotatable bonds is 2. The predicted octanol–water partition coefficient (Wildman–Crippen LogP) is 2.65. The monoisotopic (exact) mass is 284 g/mol. The fraction of sp³-hybridized carbons (Fsp3) is 0. The van der Waals surface area contributed by atoms with Gasteiger partial charge < -0.3 is 5.73 Å². The molecule has 0 atom stereocenters. The van der Waals surface area contributed by atoms with Gasteiger partial charge in [0.15, 0.2) is 0 Å². The summed E-state index contributed by atoms with van der Waals surface area (Å²) < 4.78 is 25.5. The zero-order valence-electron chi connectivity index (χ0n) is 10.5. The molecule has 0 spiro atoms. The lowest BCUT2D eigenvalue weighted by Gasteiger charge is -2.10. The second kappa shape index (κ2) is 4.61. The van der Waals surface area contributed by atoms with Crippen molar-refractivity contribution in [2.75, 3.05) is 5.73 Å². The van der Waals surface area contributed by atoms with Crippen LogP contribution in [-0.4, -0.2) is 13.4 Å². The van der Waals surface area contributed by atoms with Crippen molar-refractivity contribution in [3.05, 3.63) is 60.8 Å². The third kappa shape index (κ3) is 1.92. The highest BCUT2D eigenvalue weighted by atomic mass is 32.2. The van der Waals surface area contributed by atoms with Gasteiger partial charge in [0.2, 0.25) is 9.84 Å². The first-order valence-corrected chi connectivity index (χ1v) is 7.52. The van der Waals surface area contributed by atoms with Crippen molar-refractivity contribution in [3.63, 3.8) is 0 Å². The van der Waals surface area contributed by atoms with E-state index in [-0.39, 0.29) is 15.6 Å². The largest absolute Gasteiger partial charge is 0.383 e. The number of nitrogens with zero attached hydrogens (tertiary/aromatic N) is 1. The SMILES string of the molecule is Nc1ncc2ccccc2c1S(=O)(=O)c1ccccc1. The minimum atomic E-state index is -3.68. The highest BCUT2D eigenvalue weighted by Gasteiger charge is 2.23. The topological polar surface area (TPSA) is 73.0 Å². The molecule has 2 N–H and O–H groups in total. The first-order chi connectivity index (χ1) is 9.60. The molecular formula is C15H12N2O2S. The molecule has 0 aliphatic rings. The highest BCUT2D eigenvalue weighted by Crippen LogP contribution is 2.31. The van der Waals surface area contributed by atoms with Crippen LogP contribution in [0.3, 0.4) is 0 Å². The number of nitrogen functional groups attached to an aromatic ring is 1. The van der Waals surface area contributed by atoms with Gasteiger partial charge in [-0.15, -0.1) is 0 Å². The van der Waals surface area contributed by atoms with Gasteiger partial charge in [0.25, 0.3) is 0 Å². The number of sulfone groups is 1. The lowest BCUT2D eigenvalue weighted by molar-refractivity contribution is 0.597. The van der Waals surface area contributed by atoms with E-state index in [4.69, 9.17) is 5.73 Å². The van der Waals surface area contributed by atoms with Crippen LogP contribution in [0.4, 0.5) is 5.82 Å². The van der Waals surface area contributed by atoms with E-state index >= 15 is 0 Å². The maximum atomic E-state index is 12.7. The van der Waals surface area contributed by atoms with E-state index in [0.29, 0.717) is 5.39 Å². The average molecular weight is 284 g/mol. The molecule has 2 aromatic carbocycles. The third-order valence-corrected chi connectivity index (χ3v) is 4.96. The quantitative estimate of drug-likeness (QED) is 0.785. The number of pyridine rings is 1. The Bertz CT molecular complexity index is 875. The summed E-state index contributed by atoms with van der Waals surface area (Å²) in [6, 6.07) is 15.4. The number of aromatic nitrogens is 1. The number of benzene rings is 2. The Hall–Kier alpha value is -2.40. The number of anilines is 1. The smallest absolute Gasteiger partial charge is 0.210 e. The summed E-state index contributed by atoms with van der Waals surface area (Å²) in [4.78, 5) is 4.28. The molecule has 0 unspecified atom stereocenters. The first kappa shape index (κ1) is 12.6. The van der Waals surface area contributed by atoms with Crippen molar-refractivity contribution >= 4 is 26.4 Å². The van der Waals surface area contributed by atoms with Gasteiger partial charge in [-0.1, -0.05) is 42.5 Å². The Morgan fingerprint density at radius 3 is 2.30 bits per heavy atom. The van der Waals surface area contributed by atoms with Crippen LogP contribution < -0.4 is 5.73 Å². The summed E-state index contributed by atoms with van der Waals surface area (Å²) in [5.41, 5.74) is 5.82. The molecule has 20 heavy (non-hydrogen) atoms. The molecule has 0 bridgehead atoms. The zero-order chi connectivity index (χ0) is 14.2. The summed E-state index contributed by atoms with van der Waals surface area (Å²) in [6.45, 7) is 0. The van der Waals surface area contributed by atoms with Crippen LogP contribution in [0.1, 0.15) is 0 Å². The van der Waals surface area contributed by atoms with E-state index in [1.165, 1.54) is 0 Å². The van der Waals surface area contributed by atoms with Gasteiger partial charge in [-0.25, -0.2) is 13.4 Å². The zero-order valence-corrected chi connectivity index (χ0v) is 11.3. The molecular weight excluding hydrogens is 272 g/mol. The van der Waals surface area contributed by atoms with Gasteiger partial charge in [0, 0.05) is 17.0 Å². The normalized spacial score (nSPS) is 11.6. The van der Waals surface area contributed by atoms with Crippen molar-refractivity contribution in [3.8, 4) is 0 Å².